The van der Waals surface area contributed by atoms with Crippen molar-refractivity contribution >= 4 is 80.0 Å². The molecule has 0 bridgehead atoms. The number of hydrogen-bond donors (Lipinski definition) is 3. The Morgan fingerprint density at radius 1 is 1.03 bits per heavy atom. The zero-order valence-electron chi connectivity index (χ0n) is 16.9. The minimum Gasteiger partial charge on any atom is -0.352 e. The molecule has 15 heteroatoms. The van der Waals surface area contributed by atoms with E-state index in [1.165, 1.54) is 24.3 Å². The molecule has 0 aliphatic rings. The van der Waals surface area contributed by atoms with Crippen LogP contribution in [0.5, 0.6) is 0 Å². The summed E-state index contributed by atoms with van der Waals surface area (Å²) < 4.78 is 77.7. The number of rotatable bonds is 5. The van der Waals surface area contributed by atoms with Gasteiger partial charge < -0.3 is 5.32 Å². The summed E-state index contributed by atoms with van der Waals surface area (Å²) in [5, 5.41) is 1.07. The molecule has 0 aliphatic heterocycles. The Hall–Kier alpha value is -1.73. The van der Waals surface area contributed by atoms with E-state index in [0.29, 0.717) is 5.56 Å². The largest absolute Gasteiger partial charge is 0.405 e. The van der Waals surface area contributed by atoms with Crippen molar-refractivity contribution in [1.29, 1.82) is 0 Å². The molecule has 0 saturated heterocycles. The number of carbonyl (C=O) groups excluding carboxylic acids is 1. The zero-order valence-corrected chi connectivity index (χ0v) is 21.6. The molecule has 4 nitrogen and oxygen atoms in total. The Morgan fingerprint density at radius 3 is 2.14 bits per heavy atom. The molecule has 0 saturated carbocycles. The summed E-state index contributed by atoms with van der Waals surface area (Å²) in [5.41, 5.74) is 4.35. The highest BCUT2D eigenvalue weighted by Crippen LogP contribution is 2.41. The van der Waals surface area contributed by atoms with E-state index in [1.54, 1.807) is 0 Å². The monoisotopic (exact) mass is 641 g/mol. The molecule has 1 atom stereocenters. The number of carbonyl (C=O) groups is 1. The number of benzene rings is 2. The fraction of sp³-hybridized carbons (Fsp3) is 0.200. The SMILES string of the molecule is O=C(NNC(=S)NCC(F)(F)F)c1ccc(/C=C/C(c2cc(Cl)c(Cl)c(Cl)c2)C(F)(F)F)cc1Br. The fourth-order valence-electron chi connectivity index (χ4n) is 2.60. The van der Waals surface area contributed by atoms with Gasteiger partial charge in [-0.15, -0.1) is 0 Å². The van der Waals surface area contributed by atoms with Crippen LogP contribution in [0.1, 0.15) is 27.4 Å². The molecule has 0 fully saturated rings. The first-order valence-corrected chi connectivity index (χ1v) is 11.5. The molecule has 0 aromatic heterocycles. The number of hydrazine groups is 1. The zero-order chi connectivity index (χ0) is 26.6. The smallest absolute Gasteiger partial charge is 0.352 e. The van der Waals surface area contributed by atoms with Gasteiger partial charge in [0.15, 0.2) is 5.11 Å². The van der Waals surface area contributed by atoms with Gasteiger partial charge in [-0.05, 0) is 63.5 Å². The normalized spacial score (nSPS) is 13.0. The number of nitrogens with one attached hydrogen (secondary N) is 3. The highest BCUT2D eigenvalue weighted by Gasteiger charge is 2.39. The predicted molar refractivity (Wildman–Crippen MR) is 131 cm³/mol. The summed E-state index contributed by atoms with van der Waals surface area (Å²) in [4.78, 5) is 12.2. The first-order valence-electron chi connectivity index (χ1n) is 9.18. The molecule has 2 aromatic carbocycles. The van der Waals surface area contributed by atoms with Crippen molar-refractivity contribution < 1.29 is 31.1 Å². The van der Waals surface area contributed by atoms with Crippen LogP contribution in [0.3, 0.4) is 0 Å². The molecular weight excluding hydrogens is 631 g/mol. The molecule has 35 heavy (non-hydrogen) atoms. The quantitative estimate of drug-likeness (QED) is 0.137. The van der Waals surface area contributed by atoms with Gasteiger partial charge in [-0.1, -0.05) is 53.0 Å². The summed E-state index contributed by atoms with van der Waals surface area (Å²) in [7, 11) is 0. The summed E-state index contributed by atoms with van der Waals surface area (Å²) in [5.74, 6) is -2.81. The number of hydrogen-bond acceptors (Lipinski definition) is 2. The van der Waals surface area contributed by atoms with Crippen molar-refractivity contribution in [3.8, 4) is 0 Å². The molecule has 0 aliphatic carbocycles. The molecule has 0 radical (unpaired) electrons. The van der Waals surface area contributed by atoms with E-state index < -0.39 is 35.8 Å². The van der Waals surface area contributed by atoms with Crippen molar-refractivity contribution in [2.24, 2.45) is 0 Å². The lowest BCUT2D eigenvalue weighted by molar-refractivity contribution is -0.139. The van der Waals surface area contributed by atoms with Crippen LogP contribution >= 0.6 is 63.0 Å². The Bertz CT molecular complexity index is 1120. The molecule has 0 heterocycles. The summed E-state index contributed by atoms with van der Waals surface area (Å²) in [6.45, 7) is -1.40. The van der Waals surface area contributed by atoms with Gasteiger partial charge in [0, 0.05) is 4.47 Å². The number of thiocarbonyl (C=S) groups is 1. The van der Waals surface area contributed by atoms with E-state index in [4.69, 9.17) is 34.8 Å². The van der Waals surface area contributed by atoms with Crippen molar-refractivity contribution in [2.45, 2.75) is 18.3 Å². The van der Waals surface area contributed by atoms with Crippen LogP contribution in [0, 0.1) is 0 Å². The lowest BCUT2D eigenvalue weighted by atomic mass is 9.97. The lowest BCUT2D eigenvalue weighted by Crippen LogP contribution is -2.48. The first kappa shape index (κ1) is 29.5. The van der Waals surface area contributed by atoms with Crippen LogP contribution in [0.25, 0.3) is 6.08 Å². The van der Waals surface area contributed by atoms with Gasteiger partial charge in [0.1, 0.15) is 6.54 Å². The van der Waals surface area contributed by atoms with Crippen LogP contribution in [0.4, 0.5) is 26.3 Å². The third kappa shape index (κ3) is 9.02. The van der Waals surface area contributed by atoms with Gasteiger partial charge in [-0.3, -0.25) is 15.6 Å². The second-order valence-electron chi connectivity index (χ2n) is 6.79. The summed E-state index contributed by atoms with van der Waals surface area (Å²) in [6.07, 6.45) is -7.09. The van der Waals surface area contributed by atoms with E-state index in [9.17, 15) is 31.1 Å². The fourth-order valence-corrected chi connectivity index (χ4v) is 3.91. The van der Waals surface area contributed by atoms with Crippen molar-refractivity contribution in [2.75, 3.05) is 6.54 Å². The predicted octanol–water partition coefficient (Wildman–Crippen LogP) is 7.44. The van der Waals surface area contributed by atoms with Crippen LogP contribution in [0.2, 0.25) is 15.1 Å². The summed E-state index contributed by atoms with van der Waals surface area (Å²) in [6, 6.07) is 6.18. The van der Waals surface area contributed by atoms with Gasteiger partial charge >= 0.3 is 12.4 Å². The molecule has 0 spiro atoms. The Balaban J connectivity index is 2.15. The van der Waals surface area contributed by atoms with Gasteiger partial charge in [0.05, 0.1) is 26.5 Å². The van der Waals surface area contributed by atoms with E-state index >= 15 is 0 Å². The molecule has 190 valence electrons. The number of alkyl halides is 6. The molecule has 1 amide bonds. The van der Waals surface area contributed by atoms with Gasteiger partial charge in [-0.25, -0.2) is 0 Å². The minimum atomic E-state index is -4.67. The van der Waals surface area contributed by atoms with Crippen molar-refractivity contribution in [3.05, 3.63) is 72.6 Å². The summed E-state index contributed by atoms with van der Waals surface area (Å²) >= 11 is 25.3. The maximum Gasteiger partial charge on any atom is 0.405 e. The van der Waals surface area contributed by atoms with E-state index in [1.807, 2.05) is 5.32 Å². The van der Waals surface area contributed by atoms with Crippen LogP contribution in [0.15, 0.2) is 40.9 Å². The van der Waals surface area contributed by atoms with Gasteiger partial charge in [0.25, 0.3) is 5.91 Å². The van der Waals surface area contributed by atoms with E-state index in [0.717, 1.165) is 18.2 Å². The molecule has 1 unspecified atom stereocenters. The Kier molecular flexibility index (Phi) is 10.1. The second kappa shape index (κ2) is 12.0. The Labute approximate surface area is 224 Å². The Morgan fingerprint density at radius 2 is 1.63 bits per heavy atom. The standard InChI is InChI=1S/C20H13BrCl3F6N3OS/c21-13-5-9(1-3-11(13)17(34)32-33-18(35)31-8-19(25,26)27)2-4-12(20(28,29)30)10-6-14(22)16(24)15(23)7-10/h1-7,12H,8H2,(H,32,34)(H2,31,33,35)/b4-2+. The average Bonchev–Trinajstić information content (AvgIpc) is 2.73. The van der Waals surface area contributed by atoms with Crippen molar-refractivity contribution in [3.63, 3.8) is 0 Å². The van der Waals surface area contributed by atoms with Gasteiger partial charge in [0.2, 0.25) is 0 Å². The van der Waals surface area contributed by atoms with Gasteiger partial charge in [-0.2, -0.15) is 26.3 Å². The average molecular weight is 644 g/mol. The van der Waals surface area contributed by atoms with Crippen LogP contribution < -0.4 is 16.2 Å². The highest BCUT2D eigenvalue weighted by molar-refractivity contribution is 9.10. The number of halogens is 10. The second-order valence-corrected chi connectivity index (χ2v) is 9.25. The number of amides is 1. The topological polar surface area (TPSA) is 53.2 Å². The minimum absolute atomic E-state index is 0.0388. The molecule has 3 N–H and O–H groups in total. The van der Waals surface area contributed by atoms with E-state index in [-0.39, 0.29) is 30.7 Å². The van der Waals surface area contributed by atoms with Crippen LogP contribution in [-0.4, -0.2) is 29.9 Å². The first-order chi connectivity index (χ1) is 16.1. The van der Waals surface area contributed by atoms with Crippen molar-refractivity contribution in [1.82, 2.24) is 16.2 Å². The molecule has 2 rings (SSSR count). The molecular formula is C20H13BrCl3F6N3OS. The molecule has 2 aromatic rings. The number of allylic oxidation sites excluding steroid dienone is 1. The van der Waals surface area contributed by atoms with Crippen LogP contribution in [-0.2, 0) is 0 Å². The maximum absolute atomic E-state index is 13.7. The highest BCUT2D eigenvalue weighted by atomic mass is 79.9. The third-order valence-electron chi connectivity index (χ3n) is 4.18. The maximum atomic E-state index is 13.7. The van der Waals surface area contributed by atoms with E-state index in [2.05, 4.69) is 39.0 Å². The lowest BCUT2D eigenvalue weighted by Gasteiger charge is -2.18. The third-order valence-corrected chi connectivity index (χ3v) is 6.28.